The molecule has 14 heavy (non-hydrogen) atoms. The zero-order valence-electron chi connectivity index (χ0n) is 8.87. The normalized spacial score (nSPS) is 23.4. The molecule has 1 aliphatic heterocycles. The van der Waals surface area contributed by atoms with Gasteiger partial charge in [-0.05, 0) is 25.7 Å². The third-order valence-electron chi connectivity index (χ3n) is 2.56. The fraction of sp³-hybridized carbons (Fsp3) is 0.900. The van der Waals surface area contributed by atoms with Crippen LogP contribution in [-0.4, -0.2) is 30.2 Å². The molecule has 4 nitrogen and oxygen atoms in total. The molecule has 0 radical (unpaired) electrons. The van der Waals surface area contributed by atoms with Crippen molar-refractivity contribution in [2.75, 3.05) is 13.2 Å². The molecule has 1 atom stereocenters. The van der Waals surface area contributed by atoms with Crippen molar-refractivity contribution in [2.24, 2.45) is 5.84 Å². The summed E-state index contributed by atoms with van der Waals surface area (Å²) in [7, 11) is 0. The summed E-state index contributed by atoms with van der Waals surface area (Å²) in [6, 6.07) is -0.208. The number of ether oxygens (including phenoxy) is 1. The molecule has 0 aromatic rings. The van der Waals surface area contributed by atoms with E-state index < -0.39 is 0 Å². The zero-order chi connectivity index (χ0) is 10.4. The van der Waals surface area contributed by atoms with Crippen LogP contribution in [-0.2, 0) is 9.53 Å². The van der Waals surface area contributed by atoms with Gasteiger partial charge in [-0.1, -0.05) is 13.3 Å². The Morgan fingerprint density at radius 2 is 2.36 bits per heavy atom. The first-order valence-corrected chi connectivity index (χ1v) is 5.43. The number of hydrogen-bond donors (Lipinski definition) is 1. The average molecular weight is 200 g/mol. The van der Waals surface area contributed by atoms with E-state index >= 15 is 0 Å². The summed E-state index contributed by atoms with van der Waals surface area (Å²) in [5, 5.41) is 1.61. The Kier molecular flexibility index (Phi) is 4.90. The number of nitrogens with two attached hydrogens (primary N) is 1. The Labute approximate surface area is 85.4 Å². The highest BCUT2D eigenvalue weighted by Gasteiger charge is 2.27. The largest absolute Gasteiger partial charge is 0.464 e. The predicted octanol–water partition coefficient (Wildman–Crippen LogP) is 1.06. The van der Waals surface area contributed by atoms with Crippen LogP contribution < -0.4 is 5.84 Å². The van der Waals surface area contributed by atoms with E-state index in [1.165, 1.54) is 0 Å². The number of hydrazine groups is 1. The lowest BCUT2D eigenvalue weighted by atomic mass is 10.0. The lowest BCUT2D eigenvalue weighted by molar-refractivity contribution is -0.151. The first kappa shape index (κ1) is 11.5. The molecule has 1 heterocycles. The molecule has 4 heteroatoms. The molecular formula is C10H20N2O2. The zero-order valence-corrected chi connectivity index (χ0v) is 8.87. The van der Waals surface area contributed by atoms with Crippen molar-refractivity contribution in [1.29, 1.82) is 0 Å². The molecule has 1 rings (SSSR count). The van der Waals surface area contributed by atoms with Gasteiger partial charge in [0.2, 0.25) is 0 Å². The van der Waals surface area contributed by atoms with Gasteiger partial charge < -0.3 is 4.74 Å². The van der Waals surface area contributed by atoms with E-state index in [0.29, 0.717) is 6.61 Å². The van der Waals surface area contributed by atoms with Crippen LogP contribution in [0, 0.1) is 0 Å². The van der Waals surface area contributed by atoms with E-state index in [-0.39, 0.29) is 12.0 Å². The highest BCUT2D eigenvalue weighted by molar-refractivity contribution is 5.75. The Morgan fingerprint density at radius 3 is 3.00 bits per heavy atom. The van der Waals surface area contributed by atoms with Crippen molar-refractivity contribution in [1.82, 2.24) is 5.01 Å². The monoisotopic (exact) mass is 200 g/mol. The van der Waals surface area contributed by atoms with Crippen LogP contribution >= 0.6 is 0 Å². The van der Waals surface area contributed by atoms with Gasteiger partial charge in [0.15, 0.2) is 0 Å². The molecule has 0 saturated carbocycles. The second-order valence-corrected chi connectivity index (χ2v) is 3.77. The van der Waals surface area contributed by atoms with Gasteiger partial charge in [-0.3, -0.25) is 10.6 Å². The van der Waals surface area contributed by atoms with Crippen LogP contribution in [0.15, 0.2) is 0 Å². The minimum Gasteiger partial charge on any atom is -0.464 e. The molecule has 1 unspecified atom stereocenters. The Balaban J connectivity index is 2.27. The molecule has 0 amide bonds. The molecule has 0 bridgehead atoms. The van der Waals surface area contributed by atoms with Gasteiger partial charge in [0.25, 0.3) is 0 Å². The number of carbonyl (C=O) groups is 1. The molecule has 2 N–H and O–H groups in total. The molecule has 0 aromatic carbocycles. The van der Waals surface area contributed by atoms with E-state index in [1.807, 2.05) is 0 Å². The first-order valence-electron chi connectivity index (χ1n) is 5.43. The quantitative estimate of drug-likeness (QED) is 0.419. The summed E-state index contributed by atoms with van der Waals surface area (Å²) in [4.78, 5) is 11.5. The van der Waals surface area contributed by atoms with E-state index in [1.54, 1.807) is 5.01 Å². The van der Waals surface area contributed by atoms with Crippen LogP contribution in [0.5, 0.6) is 0 Å². The minimum atomic E-state index is -0.208. The number of carbonyl (C=O) groups excluding carboxylic acids is 1. The molecule has 0 aliphatic carbocycles. The highest BCUT2D eigenvalue weighted by atomic mass is 16.5. The fourth-order valence-electron chi connectivity index (χ4n) is 1.62. The summed E-state index contributed by atoms with van der Waals surface area (Å²) in [6.45, 7) is 3.40. The number of nitrogens with zero attached hydrogens (tertiary/aromatic N) is 1. The van der Waals surface area contributed by atoms with E-state index in [2.05, 4.69) is 6.92 Å². The van der Waals surface area contributed by atoms with Gasteiger partial charge in [0, 0.05) is 6.54 Å². The summed E-state index contributed by atoms with van der Waals surface area (Å²) >= 11 is 0. The van der Waals surface area contributed by atoms with Crippen molar-refractivity contribution in [3.05, 3.63) is 0 Å². The number of piperidine rings is 1. The number of rotatable bonds is 4. The smallest absolute Gasteiger partial charge is 0.324 e. The van der Waals surface area contributed by atoms with E-state index in [4.69, 9.17) is 10.6 Å². The average Bonchev–Trinajstić information content (AvgIpc) is 2.18. The maximum atomic E-state index is 11.5. The number of esters is 1. The van der Waals surface area contributed by atoms with Gasteiger partial charge in [-0.25, -0.2) is 5.01 Å². The van der Waals surface area contributed by atoms with Crippen LogP contribution in [0.1, 0.15) is 39.0 Å². The third kappa shape index (κ3) is 3.27. The molecular weight excluding hydrogens is 180 g/mol. The van der Waals surface area contributed by atoms with E-state index in [0.717, 1.165) is 38.6 Å². The van der Waals surface area contributed by atoms with Crippen molar-refractivity contribution in [2.45, 2.75) is 45.1 Å². The summed E-state index contributed by atoms with van der Waals surface area (Å²) in [5.41, 5.74) is 0. The lowest BCUT2D eigenvalue weighted by Crippen LogP contribution is -2.49. The SMILES string of the molecule is CCCCOC(=O)C1CCCCN1N. The van der Waals surface area contributed by atoms with Gasteiger partial charge in [0.1, 0.15) is 6.04 Å². The first-order chi connectivity index (χ1) is 6.75. The third-order valence-corrected chi connectivity index (χ3v) is 2.56. The minimum absolute atomic E-state index is 0.152. The second kappa shape index (κ2) is 5.98. The summed E-state index contributed by atoms with van der Waals surface area (Å²) < 4.78 is 5.13. The Bertz CT molecular complexity index is 185. The fourth-order valence-corrected chi connectivity index (χ4v) is 1.62. The van der Waals surface area contributed by atoms with Crippen LogP contribution in [0.25, 0.3) is 0 Å². The summed E-state index contributed by atoms with van der Waals surface area (Å²) in [5.74, 6) is 5.56. The predicted molar refractivity (Wildman–Crippen MR) is 54.4 cm³/mol. The Hall–Kier alpha value is -0.610. The van der Waals surface area contributed by atoms with E-state index in [9.17, 15) is 4.79 Å². The lowest BCUT2D eigenvalue weighted by Gasteiger charge is -2.29. The van der Waals surface area contributed by atoms with Gasteiger partial charge in [-0.15, -0.1) is 0 Å². The molecule has 82 valence electrons. The van der Waals surface area contributed by atoms with Gasteiger partial charge in [-0.2, -0.15) is 0 Å². The molecule has 1 saturated heterocycles. The second-order valence-electron chi connectivity index (χ2n) is 3.77. The Morgan fingerprint density at radius 1 is 1.57 bits per heavy atom. The van der Waals surface area contributed by atoms with Gasteiger partial charge in [0.05, 0.1) is 6.61 Å². The van der Waals surface area contributed by atoms with Crippen molar-refractivity contribution < 1.29 is 9.53 Å². The number of hydrogen-bond acceptors (Lipinski definition) is 4. The molecule has 1 aliphatic rings. The highest BCUT2D eigenvalue weighted by Crippen LogP contribution is 2.14. The standard InChI is InChI=1S/C10H20N2O2/c1-2-3-8-14-10(13)9-6-4-5-7-12(9)11/h9H,2-8,11H2,1H3. The maximum Gasteiger partial charge on any atom is 0.324 e. The van der Waals surface area contributed by atoms with Crippen molar-refractivity contribution in [3.63, 3.8) is 0 Å². The van der Waals surface area contributed by atoms with Crippen molar-refractivity contribution >= 4 is 5.97 Å². The van der Waals surface area contributed by atoms with Crippen LogP contribution in [0.4, 0.5) is 0 Å². The van der Waals surface area contributed by atoms with Crippen LogP contribution in [0.2, 0.25) is 0 Å². The van der Waals surface area contributed by atoms with Crippen LogP contribution in [0.3, 0.4) is 0 Å². The van der Waals surface area contributed by atoms with Gasteiger partial charge >= 0.3 is 5.97 Å². The molecule has 0 spiro atoms. The molecule has 0 aromatic heterocycles. The van der Waals surface area contributed by atoms with Crippen molar-refractivity contribution in [3.8, 4) is 0 Å². The number of unbranched alkanes of at least 4 members (excludes halogenated alkanes) is 1. The maximum absolute atomic E-state index is 11.5. The summed E-state index contributed by atoms with van der Waals surface area (Å²) in [6.07, 6.45) is 4.96. The molecule has 1 fully saturated rings. The topological polar surface area (TPSA) is 55.6 Å².